The number of carboxylic acid groups (broad SMARTS) is 1. The summed E-state index contributed by atoms with van der Waals surface area (Å²) in [6.07, 6.45) is 2.57. The highest BCUT2D eigenvalue weighted by molar-refractivity contribution is 5.67. The zero-order valence-corrected chi connectivity index (χ0v) is 9.19. The maximum absolute atomic E-state index is 10.8. The average Bonchev–Trinajstić information content (AvgIpc) is 2.18. The van der Waals surface area contributed by atoms with Crippen LogP contribution in [-0.2, 0) is 9.53 Å². The Morgan fingerprint density at radius 3 is 3.07 bits per heavy atom. The lowest BCUT2D eigenvalue weighted by Crippen LogP contribution is -2.49. The highest BCUT2D eigenvalue weighted by atomic mass is 16.5. The van der Waals surface area contributed by atoms with Crippen LogP contribution in [0.25, 0.3) is 0 Å². The lowest BCUT2D eigenvalue weighted by atomic mass is 9.78. The molecule has 2 fully saturated rings. The summed E-state index contributed by atoms with van der Waals surface area (Å²) in [4.78, 5) is 13.1. The summed E-state index contributed by atoms with van der Waals surface area (Å²) in [5.41, 5.74) is 0. The van der Waals surface area contributed by atoms with Crippen molar-refractivity contribution in [3.05, 3.63) is 0 Å². The number of piperidine rings is 1. The zero-order chi connectivity index (χ0) is 10.8. The molecule has 4 nitrogen and oxygen atoms in total. The van der Waals surface area contributed by atoms with Crippen LogP contribution in [0.4, 0.5) is 0 Å². The molecule has 2 aliphatic heterocycles. The maximum Gasteiger partial charge on any atom is 0.303 e. The predicted molar refractivity (Wildman–Crippen MR) is 55.7 cm³/mol. The molecule has 0 aromatic carbocycles. The van der Waals surface area contributed by atoms with Crippen molar-refractivity contribution in [2.24, 2.45) is 11.8 Å². The first kappa shape index (κ1) is 10.9. The minimum atomic E-state index is -0.672. The van der Waals surface area contributed by atoms with E-state index in [1.54, 1.807) is 0 Å². The number of nitrogens with zero attached hydrogens (tertiary/aromatic N) is 1. The number of rotatable bonds is 2. The Morgan fingerprint density at radius 2 is 2.33 bits per heavy atom. The van der Waals surface area contributed by atoms with Crippen LogP contribution in [0.2, 0.25) is 0 Å². The number of fused-ring (bicyclic) bond motifs is 1. The third-order valence-corrected chi connectivity index (χ3v) is 3.66. The van der Waals surface area contributed by atoms with Gasteiger partial charge in [-0.25, -0.2) is 0 Å². The Bertz CT molecular complexity index is 244. The van der Waals surface area contributed by atoms with E-state index in [9.17, 15) is 4.79 Å². The van der Waals surface area contributed by atoms with Crippen molar-refractivity contribution in [2.75, 3.05) is 26.7 Å². The van der Waals surface area contributed by atoms with E-state index in [1.807, 2.05) is 0 Å². The Morgan fingerprint density at radius 1 is 1.53 bits per heavy atom. The molecule has 0 aromatic heterocycles. The van der Waals surface area contributed by atoms with Gasteiger partial charge in [-0.3, -0.25) is 4.79 Å². The number of hydrogen-bond donors (Lipinski definition) is 1. The molecule has 1 N–H and O–H groups in total. The summed E-state index contributed by atoms with van der Waals surface area (Å²) in [7, 11) is 2.10. The number of carboxylic acids is 1. The van der Waals surface area contributed by atoms with E-state index in [2.05, 4.69) is 11.9 Å². The molecule has 0 amide bonds. The van der Waals surface area contributed by atoms with Gasteiger partial charge in [-0.15, -0.1) is 0 Å². The highest BCUT2D eigenvalue weighted by Crippen LogP contribution is 2.34. The second-order valence-corrected chi connectivity index (χ2v) is 4.77. The largest absolute Gasteiger partial charge is 0.481 e. The molecule has 0 aliphatic carbocycles. The molecule has 2 rings (SSSR count). The molecule has 0 radical (unpaired) electrons. The van der Waals surface area contributed by atoms with Gasteiger partial charge in [0.15, 0.2) is 0 Å². The molecule has 86 valence electrons. The summed E-state index contributed by atoms with van der Waals surface area (Å²) >= 11 is 0. The number of aliphatic carboxylic acids is 1. The lowest BCUT2D eigenvalue weighted by molar-refractivity contribution is -0.143. The first-order chi connectivity index (χ1) is 7.16. The molecular weight excluding hydrogens is 194 g/mol. The zero-order valence-electron chi connectivity index (χ0n) is 9.19. The van der Waals surface area contributed by atoms with Gasteiger partial charge in [0, 0.05) is 32.0 Å². The van der Waals surface area contributed by atoms with Crippen LogP contribution in [0, 0.1) is 11.8 Å². The monoisotopic (exact) mass is 213 g/mol. The van der Waals surface area contributed by atoms with Gasteiger partial charge in [-0.2, -0.15) is 0 Å². The first-order valence-electron chi connectivity index (χ1n) is 5.68. The Kier molecular flexibility index (Phi) is 3.26. The van der Waals surface area contributed by atoms with E-state index in [0.717, 1.165) is 32.5 Å². The van der Waals surface area contributed by atoms with Gasteiger partial charge in [0.1, 0.15) is 0 Å². The highest BCUT2D eigenvalue weighted by Gasteiger charge is 2.38. The normalized spacial score (nSPS) is 37.3. The van der Waals surface area contributed by atoms with Gasteiger partial charge in [-0.05, 0) is 25.8 Å². The van der Waals surface area contributed by atoms with Crippen molar-refractivity contribution in [3.8, 4) is 0 Å². The van der Waals surface area contributed by atoms with E-state index in [0.29, 0.717) is 24.4 Å². The van der Waals surface area contributed by atoms with Crippen molar-refractivity contribution in [3.63, 3.8) is 0 Å². The second kappa shape index (κ2) is 4.49. The minimum absolute atomic E-state index is 0.304. The van der Waals surface area contributed by atoms with E-state index in [1.165, 1.54) is 0 Å². The van der Waals surface area contributed by atoms with Crippen molar-refractivity contribution in [2.45, 2.75) is 25.4 Å². The topological polar surface area (TPSA) is 49.8 Å². The van der Waals surface area contributed by atoms with Gasteiger partial charge >= 0.3 is 5.97 Å². The van der Waals surface area contributed by atoms with Gasteiger partial charge < -0.3 is 14.7 Å². The van der Waals surface area contributed by atoms with E-state index < -0.39 is 5.97 Å². The molecule has 0 aromatic rings. The fourth-order valence-corrected chi connectivity index (χ4v) is 2.85. The summed E-state index contributed by atoms with van der Waals surface area (Å²) in [5, 5.41) is 8.87. The first-order valence-corrected chi connectivity index (χ1v) is 5.68. The second-order valence-electron chi connectivity index (χ2n) is 4.77. The minimum Gasteiger partial charge on any atom is -0.481 e. The van der Waals surface area contributed by atoms with Crippen molar-refractivity contribution in [1.29, 1.82) is 0 Å². The summed E-state index contributed by atoms with van der Waals surface area (Å²) in [6.45, 7) is 2.80. The van der Waals surface area contributed by atoms with E-state index in [4.69, 9.17) is 9.84 Å². The Labute approximate surface area is 90.2 Å². The molecule has 0 bridgehead atoms. The van der Waals surface area contributed by atoms with Crippen molar-refractivity contribution >= 4 is 5.97 Å². The molecule has 4 heteroatoms. The predicted octanol–water partition coefficient (Wildman–Crippen LogP) is 0.818. The number of carbonyl (C=O) groups is 1. The third-order valence-electron chi connectivity index (χ3n) is 3.66. The van der Waals surface area contributed by atoms with E-state index in [-0.39, 0.29) is 0 Å². The van der Waals surface area contributed by atoms with Crippen molar-refractivity contribution in [1.82, 2.24) is 4.90 Å². The maximum atomic E-state index is 10.8. The standard InChI is InChI=1S/C11H19NO3/c1-12-4-2-10-9(7-12)8(3-5-15-10)6-11(13)14/h8-10H,2-7H2,1H3,(H,13,14). The summed E-state index contributed by atoms with van der Waals surface area (Å²) in [5.74, 6) is 0.0616. The van der Waals surface area contributed by atoms with Gasteiger partial charge in [0.05, 0.1) is 6.10 Å². The number of hydrogen-bond acceptors (Lipinski definition) is 3. The summed E-state index contributed by atoms with van der Waals surface area (Å²) in [6, 6.07) is 0. The van der Waals surface area contributed by atoms with Gasteiger partial charge in [0.25, 0.3) is 0 Å². The quantitative estimate of drug-likeness (QED) is 0.737. The molecule has 2 aliphatic rings. The van der Waals surface area contributed by atoms with Crippen LogP contribution in [0.1, 0.15) is 19.3 Å². The molecule has 0 spiro atoms. The van der Waals surface area contributed by atoms with E-state index >= 15 is 0 Å². The molecule has 15 heavy (non-hydrogen) atoms. The third kappa shape index (κ3) is 2.49. The molecule has 3 unspecified atom stereocenters. The molecule has 0 saturated carbocycles. The Balaban J connectivity index is 2.00. The smallest absolute Gasteiger partial charge is 0.303 e. The van der Waals surface area contributed by atoms with Crippen molar-refractivity contribution < 1.29 is 14.6 Å². The van der Waals surface area contributed by atoms with Crippen LogP contribution in [0.5, 0.6) is 0 Å². The molecule has 2 saturated heterocycles. The van der Waals surface area contributed by atoms with Gasteiger partial charge in [-0.1, -0.05) is 0 Å². The van der Waals surface area contributed by atoms with Crippen LogP contribution in [0.3, 0.4) is 0 Å². The molecular formula is C11H19NO3. The van der Waals surface area contributed by atoms with Crippen LogP contribution >= 0.6 is 0 Å². The fourth-order valence-electron chi connectivity index (χ4n) is 2.85. The number of ether oxygens (including phenoxy) is 1. The van der Waals surface area contributed by atoms with Gasteiger partial charge in [0.2, 0.25) is 0 Å². The van der Waals surface area contributed by atoms with Crippen LogP contribution in [0.15, 0.2) is 0 Å². The lowest BCUT2D eigenvalue weighted by Gasteiger charge is -2.43. The molecule has 3 atom stereocenters. The molecule has 2 heterocycles. The summed E-state index contributed by atoms with van der Waals surface area (Å²) < 4.78 is 5.72. The SMILES string of the molecule is CN1CCC2OCCC(CC(=O)O)C2C1. The Hall–Kier alpha value is -0.610. The van der Waals surface area contributed by atoms with Crippen LogP contribution in [-0.4, -0.2) is 48.8 Å². The fraction of sp³-hybridized carbons (Fsp3) is 0.909. The van der Waals surface area contributed by atoms with Crippen LogP contribution < -0.4 is 0 Å². The average molecular weight is 213 g/mol. The number of likely N-dealkylation sites (tertiary alicyclic amines) is 1.